The van der Waals surface area contributed by atoms with Crippen molar-refractivity contribution in [1.29, 1.82) is 0 Å². The van der Waals surface area contributed by atoms with Crippen molar-refractivity contribution in [2.24, 2.45) is 0 Å². The van der Waals surface area contributed by atoms with E-state index in [1.807, 2.05) is 25.3 Å². The van der Waals surface area contributed by atoms with Crippen LogP contribution >= 0.6 is 0 Å². The molecule has 1 atom stereocenters. The number of furan rings is 1. The van der Waals surface area contributed by atoms with Crippen LogP contribution in [0.15, 0.2) is 28.9 Å². The molecule has 4 heterocycles. The summed E-state index contributed by atoms with van der Waals surface area (Å²) in [5.74, 6) is 1.02. The highest BCUT2D eigenvalue weighted by molar-refractivity contribution is 5.76. The Morgan fingerprint density at radius 2 is 2.15 bits per heavy atom. The number of hydrogen-bond donors (Lipinski definition) is 1. The molecular weight excluding hydrogens is 346 g/mol. The number of carboxylic acids is 1. The first-order valence-corrected chi connectivity index (χ1v) is 9.74. The number of aryl methyl sites for hydroxylation is 1. The van der Waals surface area contributed by atoms with E-state index >= 15 is 0 Å². The fourth-order valence-corrected chi connectivity index (χ4v) is 4.11. The number of carboxylic acid groups (broad SMARTS) is 1. The van der Waals surface area contributed by atoms with E-state index in [0.717, 1.165) is 36.5 Å². The average Bonchev–Trinajstić information content (AvgIpc) is 3.32. The van der Waals surface area contributed by atoms with Crippen LogP contribution in [0.4, 0.5) is 0 Å². The van der Waals surface area contributed by atoms with Crippen LogP contribution in [0.2, 0.25) is 0 Å². The van der Waals surface area contributed by atoms with Crippen LogP contribution in [-0.2, 0) is 21.6 Å². The van der Waals surface area contributed by atoms with Crippen molar-refractivity contribution >= 4 is 5.97 Å². The molecule has 4 rings (SSSR count). The highest BCUT2D eigenvalue weighted by atomic mass is 16.5. The fourth-order valence-electron chi connectivity index (χ4n) is 4.11. The summed E-state index contributed by atoms with van der Waals surface area (Å²) >= 11 is 0. The van der Waals surface area contributed by atoms with Gasteiger partial charge in [-0.25, -0.2) is 4.79 Å². The Hall–Kier alpha value is -2.12. The number of piperidine rings is 1. The number of ether oxygens (including phenoxy) is 1. The SMILES string of the molecule is Cc1cnn(C2(C(=O)O)CCN(Cc3ccc([C@H]4CCCCO4)o3)CC2)c1. The van der Waals surface area contributed by atoms with Gasteiger partial charge in [-0.1, -0.05) is 0 Å². The van der Waals surface area contributed by atoms with Crippen molar-refractivity contribution in [3.05, 3.63) is 41.6 Å². The third-order valence-corrected chi connectivity index (χ3v) is 5.79. The maximum absolute atomic E-state index is 12.0. The van der Waals surface area contributed by atoms with Crippen LogP contribution in [0.5, 0.6) is 0 Å². The van der Waals surface area contributed by atoms with Crippen molar-refractivity contribution in [1.82, 2.24) is 14.7 Å². The fraction of sp³-hybridized carbons (Fsp3) is 0.600. The quantitative estimate of drug-likeness (QED) is 0.867. The molecule has 0 aliphatic carbocycles. The normalized spacial score (nSPS) is 23.4. The lowest BCUT2D eigenvalue weighted by Crippen LogP contribution is -2.51. The Labute approximate surface area is 158 Å². The Balaban J connectivity index is 1.39. The van der Waals surface area contributed by atoms with Crippen LogP contribution in [0.1, 0.15) is 55.3 Å². The molecule has 0 unspecified atom stereocenters. The first kappa shape index (κ1) is 18.3. The van der Waals surface area contributed by atoms with Gasteiger partial charge >= 0.3 is 5.97 Å². The summed E-state index contributed by atoms with van der Waals surface area (Å²) in [7, 11) is 0. The zero-order valence-electron chi connectivity index (χ0n) is 15.8. The van der Waals surface area contributed by atoms with Gasteiger partial charge in [0.2, 0.25) is 0 Å². The van der Waals surface area contributed by atoms with Gasteiger partial charge in [0, 0.05) is 25.9 Å². The molecule has 0 saturated carbocycles. The minimum atomic E-state index is -0.949. The van der Waals surface area contributed by atoms with Crippen LogP contribution in [-0.4, -0.2) is 45.5 Å². The number of nitrogens with zero attached hydrogens (tertiary/aromatic N) is 3. The third-order valence-electron chi connectivity index (χ3n) is 5.79. The zero-order chi connectivity index (χ0) is 18.9. The van der Waals surface area contributed by atoms with E-state index in [1.54, 1.807) is 10.9 Å². The predicted octanol–water partition coefficient (Wildman–Crippen LogP) is 3.10. The molecule has 2 fully saturated rings. The maximum Gasteiger partial charge on any atom is 0.331 e. The highest BCUT2D eigenvalue weighted by Gasteiger charge is 2.44. The minimum absolute atomic E-state index is 0.0802. The van der Waals surface area contributed by atoms with Gasteiger partial charge < -0.3 is 14.3 Å². The van der Waals surface area contributed by atoms with Crippen molar-refractivity contribution in [3.63, 3.8) is 0 Å². The van der Waals surface area contributed by atoms with Crippen LogP contribution in [0, 0.1) is 6.92 Å². The Morgan fingerprint density at radius 1 is 1.33 bits per heavy atom. The molecule has 0 aromatic carbocycles. The Kier molecular flexibility index (Phi) is 5.06. The number of carbonyl (C=O) groups is 1. The first-order valence-electron chi connectivity index (χ1n) is 9.74. The van der Waals surface area contributed by atoms with E-state index in [0.29, 0.717) is 32.5 Å². The Bertz CT molecular complexity index is 783. The number of rotatable bonds is 5. The van der Waals surface area contributed by atoms with Crippen molar-refractivity contribution in [2.75, 3.05) is 19.7 Å². The molecule has 0 radical (unpaired) electrons. The van der Waals surface area contributed by atoms with E-state index in [-0.39, 0.29) is 6.10 Å². The second kappa shape index (κ2) is 7.48. The molecule has 27 heavy (non-hydrogen) atoms. The van der Waals surface area contributed by atoms with Crippen molar-refractivity contribution < 1.29 is 19.1 Å². The number of aliphatic carboxylic acids is 1. The summed E-state index contributed by atoms with van der Waals surface area (Å²) in [5.41, 5.74) is 0.0285. The van der Waals surface area contributed by atoms with Gasteiger partial charge in [0.15, 0.2) is 5.54 Å². The Morgan fingerprint density at radius 3 is 2.78 bits per heavy atom. The summed E-state index contributed by atoms with van der Waals surface area (Å²) in [6.45, 7) is 4.82. The van der Waals surface area contributed by atoms with Crippen molar-refractivity contribution in [2.45, 2.75) is 57.2 Å². The van der Waals surface area contributed by atoms with E-state index in [4.69, 9.17) is 9.15 Å². The van der Waals surface area contributed by atoms with E-state index in [1.165, 1.54) is 6.42 Å². The molecule has 2 aliphatic rings. The van der Waals surface area contributed by atoms with Gasteiger partial charge in [0.25, 0.3) is 0 Å². The largest absolute Gasteiger partial charge is 0.479 e. The van der Waals surface area contributed by atoms with E-state index in [9.17, 15) is 9.90 Å². The smallest absolute Gasteiger partial charge is 0.331 e. The second-order valence-electron chi connectivity index (χ2n) is 7.73. The van der Waals surface area contributed by atoms with E-state index < -0.39 is 11.5 Å². The molecule has 0 bridgehead atoms. The first-order chi connectivity index (χ1) is 13.1. The standard InChI is InChI=1S/C20H27N3O4/c1-15-12-21-23(13-15)20(19(24)25)7-9-22(10-8-20)14-16-5-6-18(27-16)17-4-2-3-11-26-17/h5-6,12-13,17H,2-4,7-11,14H2,1H3,(H,24,25)/t17-/m1/s1. The number of hydrogen-bond acceptors (Lipinski definition) is 5. The second-order valence-corrected chi connectivity index (χ2v) is 7.73. The van der Waals surface area contributed by atoms with Gasteiger partial charge in [-0.3, -0.25) is 9.58 Å². The van der Waals surface area contributed by atoms with Crippen LogP contribution < -0.4 is 0 Å². The molecule has 0 amide bonds. The van der Waals surface area contributed by atoms with Crippen LogP contribution in [0.25, 0.3) is 0 Å². The summed E-state index contributed by atoms with van der Waals surface area (Å²) in [5, 5.41) is 14.1. The van der Waals surface area contributed by atoms with Gasteiger partial charge in [-0.05, 0) is 56.7 Å². The lowest BCUT2D eigenvalue weighted by Gasteiger charge is -2.38. The molecular formula is C20H27N3O4. The third kappa shape index (κ3) is 3.66. The molecule has 7 heteroatoms. The molecule has 146 valence electrons. The average molecular weight is 373 g/mol. The summed E-state index contributed by atoms with van der Waals surface area (Å²) in [4.78, 5) is 14.3. The molecule has 2 aliphatic heterocycles. The van der Waals surface area contributed by atoms with Gasteiger partial charge in [0.1, 0.15) is 17.6 Å². The summed E-state index contributed by atoms with van der Waals surface area (Å²) in [6.07, 6.45) is 8.00. The maximum atomic E-state index is 12.0. The molecule has 0 spiro atoms. The zero-order valence-corrected chi connectivity index (χ0v) is 15.8. The molecule has 2 aromatic heterocycles. The van der Waals surface area contributed by atoms with Gasteiger partial charge in [0.05, 0.1) is 12.7 Å². The predicted molar refractivity (Wildman–Crippen MR) is 98.3 cm³/mol. The lowest BCUT2D eigenvalue weighted by atomic mass is 9.87. The molecule has 1 N–H and O–H groups in total. The summed E-state index contributed by atoms with van der Waals surface area (Å²) in [6, 6.07) is 4.03. The monoisotopic (exact) mass is 373 g/mol. The van der Waals surface area contributed by atoms with Crippen molar-refractivity contribution in [3.8, 4) is 0 Å². The molecule has 7 nitrogen and oxygen atoms in total. The van der Waals surface area contributed by atoms with Gasteiger partial charge in [-0.15, -0.1) is 0 Å². The van der Waals surface area contributed by atoms with Gasteiger partial charge in [-0.2, -0.15) is 5.10 Å². The molecule has 2 aromatic rings. The number of aromatic nitrogens is 2. The van der Waals surface area contributed by atoms with Crippen LogP contribution in [0.3, 0.4) is 0 Å². The molecule has 2 saturated heterocycles. The highest BCUT2D eigenvalue weighted by Crippen LogP contribution is 2.32. The summed E-state index contributed by atoms with van der Waals surface area (Å²) < 4.78 is 13.4. The number of likely N-dealkylation sites (tertiary alicyclic amines) is 1. The lowest BCUT2D eigenvalue weighted by molar-refractivity contribution is -0.151. The minimum Gasteiger partial charge on any atom is -0.479 e. The van der Waals surface area contributed by atoms with E-state index in [2.05, 4.69) is 10.00 Å². The topological polar surface area (TPSA) is 80.7 Å².